The van der Waals surface area contributed by atoms with Crippen molar-refractivity contribution in [1.29, 1.82) is 0 Å². The number of nitrogens with one attached hydrogen (secondary N) is 1. The van der Waals surface area contributed by atoms with Gasteiger partial charge in [-0.05, 0) is 12.8 Å². The molecule has 0 unspecified atom stereocenters. The minimum Gasteiger partial charge on any atom is -0.254 e. The van der Waals surface area contributed by atoms with Crippen molar-refractivity contribution in [3.63, 3.8) is 0 Å². The third-order valence-electron chi connectivity index (χ3n) is 1.91. The van der Waals surface area contributed by atoms with Crippen molar-refractivity contribution >= 4 is 6.72 Å². The molecule has 0 aromatic rings. The number of rotatable bonds is 2. The third kappa shape index (κ3) is 1.32. The van der Waals surface area contributed by atoms with E-state index in [1.54, 1.807) is 0 Å². The predicted octanol–water partition coefficient (Wildman–Crippen LogP) is -0.0422. The molecule has 0 aromatic heterocycles. The second-order valence-electron chi connectivity index (χ2n) is 2.60. The molecular weight excluding hydrogens is 98.1 g/mol. The zero-order valence-corrected chi connectivity index (χ0v) is 5.32. The normalized spacial score (nSPS) is 21.5. The van der Waals surface area contributed by atoms with Crippen LogP contribution in [0.2, 0.25) is 0 Å². The van der Waals surface area contributed by atoms with Crippen molar-refractivity contribution in [1.82, 2.24) is 0 Å². The molecule has 1 aliphatic rings. The zero-order chi connectivity index (χ0) is 5.82. The van der Waals surface area contributed by atoms with E-state index in [4.69, 9.17) is 0 Å². The van der Waals surface area contributed by atoms with Crippen LogP contribution >= 0.6 is 0 Å². The van der Waals surface area contributed by atoms with Crippen molar-refractivity contribution < 1.29 is 4.99 Å². The van der Waals surface area contributed by atoms with Crippen LogP contribution in [0.15, 0.2) is 0 Å². The molecule has 1 nitrogen and oxygen atoms in total. The van der Waals surface area contributed by atoms with Crippen molar-refractivity contribution in [2.45, 2.75) is 25.7 Å². The first kappa shape index (κ1) is 5.80. The van der Waals surface area contributed by atoms with Gasteiger partial charge in [0, 0.05) is 5.92 Å². The van der Waals surface area contributed by atoms with Crippen LogP contribution in [0, 0.1) is 5.92 Å². The second kappa shape index (κ2) is 2.85. The largest absolute Gasteiger partial charge is 0.254 e. The molecule has 0 aliphatic heterocycles. The Bertz CT molecular complexity index is 72.5. The third-order valence-corrected chi connectivity index (χ3v) is 1.91. The summed E-state index contributed by atoms with van der Waals surface area (Å²) in [5.41, 5.74) is 0. The quantitative estimate of drug-likeness (QED) is 0.482. The van der Waals surface area contributed by atoms with Gasteiger partial charge in [0.2, 0.25) is 0 Å². The summed E-state index contributed by atoms with van der Waals surface area (Å²) in [6.07, 6.45) is 5.71. The number of hydrogen-bond donors (Lipinski definition) is 1. The molecule has 1 heteroatoms. The van der Waals surface area contributed by atoms with Gasteiger partial charge in [0.1, 0.15) is 13.3 Å². The summed E-state index contributed by atoms with van der Waals surface area (Å²) in [4.78, 5) is 2.96. The molecule has 0 aromatic carbocycles. The van der Waals surface area contributed by atoms with E-state index in [1.807, 2.05) is 0 Å². The minimum atomic E-state index is 0.937. The maximum absolute atomic E-state index is 3.60. The molecule has 1 N–H and O–H groups in total. The van der Waals surface area contributed by atoms with Gasteiger partial charge in [-0.15, -0.1) is 0 Å². The highest BCUT2D eigenvalue weighted by molar-refractivity contribution is 5.12. The lowest BCUT2D eigenvalue weighted by Gasteiger charge is -1.96. The Morgan fingerprint density at radius 1 is 1.38 bits per heavy atom. The predicted molar refractivity (Wildman–Crippen MR) is 34.9 cm³/mol. The van der Waals surface area contributed by atoms with Crippen molar-refractivity contribution in [3.05, 3.63) is 0 Å². The maximum Gasteiger partial charge on any atom is 0.143 e. The van der Waals surface area contributed by atoms with E-state index >= 15 is 0 Å². The van der Waals surface area contributed by atoms with Gasteiger partial charge in [0.05, 0.1) is 0 Å². The molecule has 1 aliphatic carbocycles. The van der Waals surface area contributed by atoms with E-state index in [-0.39, 0.29) is 0 Å². The highest BCUT2D eigenvalue weighted by Gasteiger charge is 2.15. The fraction of sp³-hybridized carbons (Fsp3) is 0.857. The fourth-order valence-electron chi connectivity index (χ4n) is 1.42. The summed E-state index contributed by atoms with van der Waals surface area (Å²) < 4.78 is 0. The molecular formula is C7H14N+. The molecule has 0 bridgehead atoms. The van der Waals surface area contributed by atoms with Crippen LogP contribution in [0.5, 0.6) is 0 Å². The van der Waals surface area contributed by atoms with Gasteiger partial charge in [0.25, 0.3) is 0 Å². The van der Waals surface area contributed by atoms with Crippen LogP contribution < -0.4 is 4.99 Å². The second-order valence-corrected chi connectivity index (χ2v) is 2.60. The fourth-order valence-corrected chi connectivity index (χ4v) is 1.42. The Hall–Kier alpha value is -0.330. The van der Waals surface area contributed by atoms with Gasteiger partial charge in [-0.25, -0.2) is 0 Å². The maximum atomic E-state index is 3.60. The van der Waals surface area contributed by atoms with Crippen LogP contribution in [0.25, 0.3) is 0 Å². The van der Waals surface area contributed by atoms with Crippen molar-refractivity contribution in [2.75, 3.05) is 6.54 Å². The Balaban J connectivity index is 2.14. The van der Waals surface area contributed by atoms with Crippen LogP contribution in [0.1, 0.15) is 25.7 Å². The summed E-state index contributed by atoms with van der Waals surface area (Å²) in [5, 5.41) is 0. The first-order chi connectivity index (χ1) is 3.93. The SMILES string of the molecule is C=[NH+]CC1CCCC1. The van der Waals surface area contributed by atoms with Gasteiger partial charge >= 0.3 is 0 Å². The molecule has 1 rings (SSSR count). The summed E-state index contributed by atoms with van der Waals surface area (Å²) >= 11 is 0. The molecule has 0 heterocycles. The lowest BCUT2D eigenvalue weighted by Crippen LogP contribution is -2.67. The van der Waals surface area contributed by atoms with Crippen LogP contribution in [0.3, 0.4) is 0 Å². The first-order valence-electron chi connectivity index (χ1n) is 3.43. The minimum absolute atomic E-state index is 0.937. The van der Waals surface area contributed by atoms with E-state index in [0.29, 0.717) is 0 Å². The molecule has 0 atom stereocenters. The standard InChI is InChI=1S/C7H13N/c1-8-6-7-4-2-3-5-7/h7H,1-6H2/p+1. The molecule has 0 radical (unpaired) electrons. The molecule has 8 heavy (non-hydrogen) atoms. The lowest BCUT2D eigenvalue weighted by molar-refractivity contribution is -0.456. The summed E-state index contributed by atoms with van der Waals surface area (Å²) in [6.45, 7) is 4.72. The van der Waals surface area contributed by atoms with Gasteiger partial charge in [-0.1, -0.05) is 12.8 Å². The van der Waals surface area contributed by atoms with E-state index in [0.717, 1.165) is 12.5 Å². The van der Waals surface area contributed by atoms with Gasteiger partial charge < -0.3 is 0 Å². The van der Waals surface area contributed by atoms with Crippen LogP contribution in [-0.2, 0) is 0 Å². The van der Waals surface area contributed by atoms with Gasteiger partial charge in [-0.3, -0.25) is 4.99 Å². The van der Waals surface area contributed by atoms with E-state index in [9.17, 15) is 0 Å². The summed E-state index contributed by atoms with van der Waals surface area (Å²) in [7, 11) is 0. The smallest absolute Gasteiger partial charge is 0.143 e. The lowest BCUT2D eigenvalue weighted by atomic mass is 10.1. The van der Waals surface area contributed by atoms with Crippen molar-refractivity contribution in [2.24, 2.45) is 5.92 Å². The highest BCUT2D eigenvalue weighted by Crippen LogP contribution is 2.22. The van der Waals surface area contributed by atoms with Crippen LogP contribution in [0.4, 0.5) is 0 Å². The van der Waals surface area contributed by atoms with E-state index in [2.05, 4.69) is 11.7 Å². The van der Waals surface area contributed by atoms with E-state index in [1.165, 1.54) is 25.7 Å². The average molecular weight is 112 g/mol. The average Bonchev–Trinajstić information content (AvgIpc) is 2.19. The topological polar surface area (TPSA) is 14.0 Å². The summed E-state index contributed by atoms with van der Waals surface area (Å²) in [6, 6.07) is 0. The Labute approximate surface area is 50.8 Å². The first-order valence-corrected chi connectivity index (χ1v) is 3.43. The Morgan fingerprint density at radius 2 is 2.00 bits per heavy atom. The monoisotopic (exact) mass is 112 g/mol. The molecule has 1 fully saturated rings. The molecule has 0 saturated heterocycles. The zero-order valence-electron chi connectivity index (χ0n) is 5.32. The highest BCUT2D eigenvalue weighted by atomic mass is 14.7. The molecule has 0 spiro atoms. The van der Waals surface area contributed by atoms with E-state index < -0.39 is 0 Å². The molecule has 46 valence electrons. The Morgan fingerprint density at radius 3 is 2.50 bits per heavy atom. The summed E-state index contributed by atoms with van der Waals surface area (Å²) in [5.74, 6) is 0.937. The van der Waals surface area contributed by atoms with Gasteiger partial charge in [0.15, 0.2) is 0 Å². The van der Waals surface area contributed by atoms with Gasteiger partial charge in [-0.2, -0.15) is 0 Å². The van der Waals surface area contributed by atoms with Crippen molar-refractivity contribution in [3.8, 4) is 0 Å². The Kier molecular flexibility index (Phi) is 2.07. The molecule has 1 saturated carbocycles. The van der Waals surface area contributed by atoms with Crippen LogP contribution in [-0.4, -0.2) is 13.3 Å². The molecule has 0 amide bonds. The number of hydrogen-bond acceptors (Lipinski definition) is 0.